The third-order valence-electron chi connectivity index (χ3n) is 2.83. The van der Waals surface area contributed by atoms with Gasteiger partial charge in [-0.15, -0.1) is 0 Å². The molecule has 0 spiro atoms. The van der Waals surface area contributed by atoms with E-state index in [0.29, 0.717) is 13.0 Å². The van der Waals surface area contributed by atoms with Crippen LogP contribution in [0.15, 0.2) is 0 Å². The highest BCUT2D eigenvalue weighted by molar-refractivity contribution is 5.69. The van der Waals surface area contributed by atoms with Gasteiger partial charge in [0.1, 0.15) is 0 Å². The molecule has 0 heterocycles. The Balaban J connectivity index is 2.40. The van der Waals surface area contributed by atoms with E-state index < -0.39 is 5.60 Å². The van der Waals surface area contributed by atoms with Crippen LogP contribution in [0.5, 0.6) is 0 Å². The van der Waals surface area contributed by atoms with E-state index >= 15 is 0 Å². The van der Waals surface area contributed by atoms with Crippen molar-refractivity contribution in [2.24, 2.45) is 5.92 Å². The first-order chi connectivity index (χ1) is 6.06. The Morgan fingerprint density at radius 1 is 1.69 bits per heavy atom. The summed E-state index contributed by atoms with van der Waals surface area (Å²) in [6.45, 7) is 4.03. The van der Waals surface area contributed by atoms with Gasteiger partial charge in [-0.05, 0) is 32.6 Å². The molecule has 0 aromatic carbocycles. The molecule has 0 unspecified atom stereocenters. The summed E-state index contributed by atoms with van der Waals surface area (Å²) in [5.41, 5.74) is -0.660. The first-order valence-corrected chi connectivity index (χ1v) is 4.94. The molecule has 0 aromatic heterocycles. The van der Waals surface area contributed by atoms with Crippen molar-refractivity contribution in [1.82, 2.24) is 0 Å². The van der Waals surface area contributed by atoms with Crippen LogP contribution in [-0.2, 0) is 9.53 Å². The molecule has 2 atom stereocenters. The molecule has 1 saturated carbocycles. The SMILES string of the molecule is CCOC(=O)C[C@H]1CCC[C@]1(C)O. The molecule has 3 heteroatoms. The Morgan fingerprint density at radius 3 is 2.85 bits per heavy atom. The first kappa shape index (κ1) is 10.5. The number of esters is 1. The molecule has 0 amide bonds. The van der Waals surface area contributed by atoms with Crippen LogP contribution in [0.3, 0.4) is 0 Å². The Hall–Kier alpha value is -0.570. The lowest BCUT2D eigenvalue weighted by atomic mass is 9.90. The summed E-state index contributed by atoms with van der Waals surface area (Å²) in [5.74, 6) is -0.0961. The molecule has 0 aromatic rings. The molecular weight excluding hydrogens is 168 g/mol. The molecule has 1 N–H and O–H groups in total. The predicted molar refractivity (Wildman–Crippen MR) is 49.2 cm³/mol. The highest BCUT2D eigenvalue weighted by Crippen LogP contribution is 2.37. The second kappa shape index (κ2) is 4.09. The van der Waals surface area contributed by atoms with Crippen molar-refractivity contribution in [1.29, 1.82) is 0 Å². The summed E-state index contributed by atoms with van der Waals surface area (Å²) < 4.78 is 4.85. The van der Waals surface area contributed by atoms with Crippen molar-refractivity contribution in [2.75, 3.05) is 6.61 Å². The summed E-state index contributed by atoms with van der Waals surface area (Å²) in [6.07, 6.45) is 3.11. The average molecular weight is 186 g/mol. The fourth-order valence-corrected chi connectivity index (χ4v) is 1.96. The monoisotopic (exact) mass is 186 g/mol. The minimum absolute atomic E-state index is 0.0894. The minimum Gasteiger partial charge on any atom is -0.466 e. The van der Waals surface area contributed by atoms with Gasteiger partial charge in [0.2, 0.25) is 0 Å². The van der Waals surface area contributed by atoms with Crippen LogP contribution in [0.4, 0.5) is 0 Å². The number of carbonyl (C=O) groups is 1. The van der Waals surface area contributed by atoms with Crippen LogP contribution in [0.1, 0.15) is 39.5 Å². The van der Waals surface area contributed by atoms with Crippen molar-refractivity contribution < 1.29 is 14.6 Å². The van der Waals surface area contributed by atoms with Crippen LogP contribution >= 0.6 is 0 Å². The quantitative estimate of drug-likeness (QED) is 0.679. The molecule has 3 nitrogen and oxygen atoms in total. The number of hydrogen-bond donors (Lipinski definition) is 1. The molecule has 76 valence electrons. The van der Waals surface area contributed by atoms with Crippen LogP contribution in [0.25, 0.3) is 0 Å². The van der Waals surface area contributed by atoms with Gasteiger partial charge in [0.05, 0.1) is 18.6 Å². The Bertz CT molecular complexity index is 187. The smallest absolute Gasteiger partial charge is 0.306 e. The highest BCUT2D eigenvalue weighted by atomic mass is 16.5. The predicted octanol–water partition coefficient (Wildman–Crippen LogP) is 1.49. The molecule has 0 aliphatic heterocycles. The fraction of sp³-hybridized carbons (Fsp3) is 0.900. The van der Waals surface area contributed by atoms with E-state index in [0.717, 1.165) is 19.3 Å². The molecule has 13 heavy (non-hydrogen) atoms. The standard InChI is InChI=1S/C10H18O3/c1-3-13-9(11)7-8-5-4-6-10(8,2)12/h8,12H,3-7H2,1-2H3/t8-,10+/m1/s1. The van der Waals surface area contributed by atoms with Crippen LogP contribution in [-0.4, -0.2) is 23.3 Å². The number of rotatable bonds is 3. The van der Waals surface area contributed by atoms with Crippen molar-refractivity contribution >= 4 is 5.97 Å². The second-order valence-corrected chi connectivity index (χ2v) is 3.96. The number of ether oxygens (including phenoxy) is 1. The zero-order valence-corrected chi connectivity index (χ0v) is 8.38. The number of carbonyl (C=O) groups excluding carboxylic acids is 1. The van der Waals surface area contributed by atoms with Gasteiger partial charge in [0, 0.05) is 0 Å². The molecule has 1 aliphatic carbocycles. The normalized spacial score (nSPS) is 33.3. The molecule has 1 aliphatic rings. The molecule has 0 radical (unpaired) electrons. The second-order valence-electron chi connectivity index (χ2n) is 3.96. The maximum atomic E-state index is 11.2. The van der Waals surface area contributed by atoms with Gasteiger partial charge in [-0.2, -0.15) is 0 Å². The fourth-order valence-electron chi connectivity index (χ4n) is 1.96. The Kier molecular flexibility index (Phi) is 3.31. The lowest BCUT2D eigenvalue weighted by Crippen LogP contribution is -2.30. The molecule has 1 fully saturated rings. The van der Waals surface area contributed by atoms with Crippen molar-refractivity contribution in [2.45, 2.75) is 45.1 Å². The van der Waals surface area contributed by atoms with E-state index in [-0.39, 0.29) is 11.9 Å². The van der Waals surface area contributed by atoms with Gasteiger partial charge >= 0.3 is 5.97 Å². The number of aliphatic hydroxyl groups is 1. The summed E-state index contributed by atoms with van der Waals surface area (Å²) in [7, 11) is 0. The van der Waals surface area contributed by atoms with Gasteiger partial charge in [-0.3, -0.25) is 4.79 Å². The zero-order chi connectivity index (χ0) is 9.90. The van der Waals surface area contributed by atoms with Gasteiger partial charge in [-0.1, -0.05) is 6.42 Å². The van der Waals surface area contributed by atoms with E-state index in [1.807, 2.05) is 6.92 Å². The molecule has 1 rings (SSSR count). The van der Waals surface area contributed by atoms with Gasteiger partial charge in [-0.25, -0.2) is 0 Å². The van der Waals surface area contributed by atoms with Crippen LogP contribution in [0, 0.1) is 5.92 Å². The largest absolute Gasteiger partial charge is 0.466 e. The van der Waals surface area contributed by atoms with E-state index in [2.05, 4.69) is 0 Å². The first-order valence-electron chi connectivity index (χ1n) is 4.94. The maximum absolute atomic E-state index is 11.2. The summed E-state index contributed by atoms with van der Waals surface area (Å²) >= 11 is 0. The van der Waals surface area contributed by atoms with Crippen LogP contribution < -0.4 is 0 Å². The van der Waals surface area contributed by atoms with E-state index in [9.17, 15) is 9.90 Å². The summed E-state index contributed by atoms with van der Waals surface area (Å²) in [4.78, 5) is 11.2. The minimum atomic E-state index is -0.660. The summed E-state index contributed by atoms with van der Waals surface area (Å²) in [6, 6.07) is 0. The van der Waals surface area contributed by atoms with Crippen LogP contribution in [0.2, 0.25) is 0 Å². The van der Waals surface area contributed by atoms with Crippen molar-refractivity contribution in [3.05, 3.63) is 0 Å². The van der Waals surface area contributed by atoms with Gasteiger partial charge < -0.3 is 9.84 Å². The van der Waals surface area contributed by atoms with Crippen molar-refractivity contribution in [3.8, 4) is 0 Å². The van der Waals surface area contributed by atoms with E-state index in [1.54, 1.807) is 6.92 Å². The maximum Gasteiger partial charge on any atom is 0.306 e. The third-order valence-corrected chi connectivity index (χ3v) is 2.83. The average Bonchev–Trinajstić information content (AvgIpc) is 2.31. The Labute approximate surface area is 79.1 Å². The lowest BCUT2D eigenvalue weighted by Gasteiger charge is -2.24. The zero-order valence-electron chi connectivity index (χ0n) is 8.38. The van der Waals surface area contributed by atoms with Gasteiger partial charge in [0.15, 0.2) is 0 Å². The van der Waals surface area contributed by atoms with Gasteiger partial charge in [0.25, 0.3) is 0 Å². The van der Waals surface area contributed by atoms with Crippen molar-refractivity contribution in [3.63, 3.8) is 0 Å². The highest BCUT2D eigenvalue weighted by Gasteiger charge is 2.37. The molecule has 0 bridgehead atoms. The third kappa shape index (κ3) is 2.69. The van der Waals surface area contributed by atoms with E-state index in [1.165, 1.54) is 0 Å². The summed E-state index contributed by atoms with van der Waals surface area (Å²) in [5, 5.41) is 9.86. The Morgan fingerprint density at radius 2 is 2.38 bits per heavy atom. The molecular formula is C10H18O3. The lowest BCUT2D eigenvalue weighted by molar-refractivity contribution is -0.146. The molecule has 0 saturated heterocycles. The van der Waals surface area contributed by atoms with E-state index in [4.69, 9.17) is 4.74 Å². The number of hydrogen-bond acceptors (Lipinski definition) is 3. The topological polar surface area (TPSA) is 46.5 Å².